The number of amides is 2. The molecule has 0 radical (unpaired) electrons. The molecule has 4 aromatic rings. The zero-order valence-electron chi connectivity index (χ0n) is 18.5. The van der Waals surface area contributed by atoms with Gasteiger partial charge in [-0.2, -0.15) is 0 Å². The molecule has 1 heterocycles. The number of rotatable bonds is 7. The molecule has 0 saturated carbocycles. The monoisotopic (exact) mass is 504 g/mol. The van der Waals surface area contributed by atoms with Crippen molar-refractivity contribution in [3.63, 3.8) is 0 Å². The molecule has 0 saturated heterocycles. The minimum Gasteiger partial charge on any atom is -0.342 e. The molecule has 0 spiro atoms. The van der Waals surface area contributed by atoms with Gasteiger partial charge in [0.1, 0.15) is 12.4 Å². The van der Waals surface area contributed by atoms with E-state index in [1.165, 1.54) is 0 Å². The summed E-state index contributed by atoms with van der Waals surface area (Å²) in [5.74, 6) is 0.416. The van der Waals surface area contributed by atoms with E-state index in [1.807, 2.05) is 78.2 Å². The largest absolute Gasteiger partial charge is 0.342 e. The van der Waals surface area contributed by atoms with Crippen LogP contribution in [0.2, 0.25) is 0 Å². The van der Waals surface area contributed by atoms with Crippen LogP contribution in [0.1, 0.15) is 34.7 Å². The number of benzene rings is 3. The van der Waals surface area contributed by atoms with E-state index in [-0.39, 0.29) is 24.4 Å². The molecule has 0 aliphatic heterocycles. The van der Waals surface area contributed by atoms with E-state index in [2.05, 4.69) is 21.2 Å². The molecule has 1 unspecified atom stereocenters. The average Bonchev–Trinajstić information content (AvgIpc) is 3.18. The van der Waals surface area contributed by atoms with Gasteiger partial charge in [-0.05, 0) is 48.9 Å². The summed E-state index contributed by atoms with van der Waals surface area (Å²) < 4.78 is 2.80. The molecule has 7 heteroatoms. The summed E-state index contributed by atoms with van der Waals surface area (Å²) in [6.45, 7) is 2.54. The number of nitrogens with zero attached hydrogens (tertiary/aromatic N) is 3. The second-order valence-electron chi connectivity index (χ2n) is 7.98. The first kappa shape index (κ1) is 22.7. The lowest BCUT2D eigenvalue weighted by Gasteiger charge is -2.20. The first-order chi connectivity index (χ1) is 15.9. The predicted octanol–water partition coefficient (Wildman–Crippen LogP) is 4.95. The topological polar surface area (TPSA) is 67.2 Å². The van der Waals surface area contributed by atoms with Crippen LogP contribution in [-0.2, 0) is 17.9 Å². The van der Waals surface area contributed by atoms with E-state index < -0.39 is 0 Å². The number of halogens is 1. The lowest BCUT2D eigenvalue weighted by molar-refractivity contribution is -0.131. The molecular weight excluding hydrogens is 480 g/mol. The molecule has 168 valence electrons. The van der Waals surface area contributed by atoms with E-state index >= 15 is 0 Å². The minimum atomic E-state index is -0.388. The zero-order valence-corrected chi connectivity index (χ0v) is 20.1. The maximum atomic E-state index is 13.1. The number of likely N-dealkylation sites (N-methyl/N-ethyl adjacent to an activating group) is 1. The number of aromatic nitrogens is 2. The van der Waals surface area contributed by atoms with E-state index in [0.717, 1.165) is 21.1 Å². The van der Waals surface area contributed by atoms with Crippen molar-refractivity contribution >= 4 is 38.8 Å². The van der Waals surface area contributed by atoms with Gasteiger partial charge in [-0.3, -0.25) is 9.59 Å². The number of carbonyl (C=O) groups is 2. The lowest BCUT2D eigenvalue weighted by Crippen LogP contribution is -2.32. The van der Waals surface area contributed by atoms with E-state index in [4.69, 9.17) is 4.98 Å². The fraction of sp³-hybridized carbons (Fsp3) is 0.192. The Balaban J connectivity index is 1.56. The smallest absolute Gasteiger partial charge is 0.251 e. The summed E-state index contributed by atoms with van der Waals surface area (Å²) in [5, 5.41) is 3.01. The molecule has 1 aromatic heterocycles. The van der Waals surface area contributed by atoms with Crippen LogP contribution in [0.15, 0.2) is 83.3 Å². The van der Waals surface area contributed by atoms with E-state index in [9.17, 15) is 9.59 Å². The first-order valence-corrected chi connectivity index (χ1v) is 11.5. The molecule has 1 atom stereocenters. The van der Waals surface area contributed by atoms with Gasteiger partial charge in [0.15, 0.2) is 0 Å². The van der Waals surface area contributed by atoms with Crippen LogP contribution in [0.5, 0.6) is 0 Å². The Bertz CT molecular complexity index is 1270. The van der Waals surface area contributed by atoms with Crippen LogP contribution in [0.25, 0.3) is 11.0 Å². The fourth-order valence-corrected chi connectivity index (χ4v) is 4.00. The molecule has 3 aromatic carbocycles. The maximum absolute atomic E-state index is 13.1. The van der Waals surface area contributed by atoms with E-state index in [1.54, 1.807) is 24.1 Å². The minimum absolute atomic E-state index is 0.0327. The summed E-state index contributed by atoms with van der Waals surface area (Å²) in [5.41, 5.74) is 3.28. The highest BCUT2D eigenvalue weighted by molar-refractivity contribution is 9.10. The van der Waals surface area contributed by atoms with Gasteiger partial charge in [-0.25, -0.2) is 4.98 Å². The van der Waals surface area contributed by atoms with Gasteiger partial charge in [0, 0.05) is 23.6 Å². The molecule has 0 aliphatic carbocycles. The summed E-state index contributed by atoms with van der Waals surface area (Å²) in [7, 11) is 1.80. The van der Waals surface area contributed by atoms with Crippen molar-refractivity contribution < 1.29 is 9.59 Å². The van der Waals surface area contributed by atoms with Crippen molar-refractivity contribution in [2.24, 2.45) is 0 Å². The van der Waals surface area contributed by atoms with Crippen LogP contribution in [0, 0.1) is 0 Å². The van der Waals surface area contributed by atoms with Crippen molar-refractivity contribution in [2.75, 3.05) is 7.05 Å². The molecule has 33 heavy (non-hydrogen) atoms. The van der Waals surface area contributed by atoms with Crippen molar-refractivity contribution in [3.8, 4) is 0 Å². The van der Waals surface area contributed by atoms with Crippen molar-refractivity contribution in [3.05, 3.63) is 100 Å². The van der Waals surface area contributed by atoms with Crippen LogP contribution < -0.4 is 5.32 Å². The Morgan fingerprint density at radius 2 is 1.67 bits per heavy atom. The summed E-state index contributed by atoms with van der Waals surface area (Å²) in [4.78, 5) is 32.3. The molecule has 6 nitrogen and oxygen atoms in total. The number of para-hydroxylation sites is 2. The molecule has 1 N–H and O–H groups in total. The maximum Gasteiger partial charge on any atom is 0.251 e. The van der Waals surface area contributed by atoms with Crippen molar-refractivity contribution in [1.82, 2.24) is 19.8 Å². The average molecular weight is 505 g/mol. The fourth-order valence-electron chi connectivity index (χ4n) is 3.74. The Hall–Kier alpha value is -3.45. The SMILES string of the molecule is CC(NC(=O)c1ccc(Br)cc1)c1nc2ccccc2n1CC(=O)N(C)Cc1ccccc1. The number of hydrogen-bond acceptors (Lipinski definition) is 3. The normalized spacial score (nSPS) is 11.8. The molecule has 0 bridgehead atoms. The lowest BCUT2D eigenvalue weighted by atomic mass is 10.2. The van der Waals surface area contributed by atoms with Gasteiger partial charge in [0.05, 0.1) is 17.1 Å². The first-order valence-electron chi connectivity index (χ1n) is 10.7. The number of hydrogen-bond donors (Lipinski definition) is 1. The van der Waals surface area contributed by atoms with Gasteiger partial charge >= 0.3 is 0 Å². The highest BCUT2D eigenvalue weighted by Crippen LogP contribution is 2.22. The third-order valence-electron chi connectivity index (χ3n) is 5.51. The van der Waals surface area contributed by atoms with Crippen LogP contribution in [0.4, 0.5) is 0 Å². The molecule has 2 amide bonds. The molecule has 4 rings (SSSR count). The van der Waals surface area contributed by atoms with Crippen LogP contribution in [-0.4, -0.2) is 33.3 Å². The third kappa shape index (κ3) is 5.31. The Kier molecular flexibility index (Phi) is 6.89. The van der Waals surface area contributed by atoms with Gasteiger partial charge < -0.3 is 14.8 Å². The highest BCUT2D eigenvalue weighted by atomic mass is 79.9. The Morgan fingerprint density at radius 1 is 1.00 bits per heavy atom. The van der Waals surface area contributed by atoms with Crippen LogP contribution in [0.3, 0.4) is 0 Å². The van der Waals surface area contributed by atoms with E-state index in [0.29, 0.717) is 17.9 Å². The van der Waals surface area contributed by atoms with Crippen molar-refractivity contribution in [2.45, 2.75) is 26.1 Å². The Morgan fingerprint density at radius 3 is 2.39 bits per heavy atom. The number of carbonyl (C=O) groups excluding carboxylic acids is 2. The highest BCUT2D eigenvalue weighted by Gasteiger charge is 2.21. The standard InChI is InChI=1S/C26H25BrN4O2/c1-18(28-26(33)20-12-14-21(27)15-13-20)25-29-22-10-6-7-11-23(22)31(25)17-24(32)30(2)16-19-8-4-3-5-9-19/h3-15,18H,16-17H2,1-2H3,(H,28,33). The second-order valence-corrected chi connectivity index (χ2v) is 8.90. The summed E-state index contributed by atoms with van der Waals surface area (Å²) in [6, 6.07) is 24.4. The molecule has 0 fully saturated rings. The van der Waals surface area contributed by atoms with Gasteiger partial charge in [-0.1, -0.05) is 58.4 Å². The predicted molar refractivity (Wildman–Crippen MR) is 133 cm³/mol. The zero-order chi connectivity index (χ0) is 23.4. The van der Waals surface area contributed by atoms with Crippen molar-refractivity contribution in [1.29, 1.82) is 0 Å². The Labute approximate surface area is 201 Å². The summed E-state index contributed by atoms with van der Waals surface area (Å²) >= 11 is 3.39. The number of nitrogens with one attached hydrogen (secondary N) is 1. The number of fused-ring (bicyclic) bond motifs is 1. The van der Waals surface area contributed by atoms with Gasteiger partial charge in [0.2, 0.25) is 5.91 Å². The third-order valence-corrected chi connectivity index (χ3v) is 6.04. The quantitative estimate of drug-likeness (QED) is 0.387. The van der Waals surface area contributed by atoms with Gasteiger partial charge in [0.25, 0.3) is 5.91 Å². The second kappa shape index (κ2) is 10.0. The van der Waals surface area contributed by atoms with Crippen LogP contribution >= 0.6 is 15.9 Å². The molecular formula is C26H25BrN4O2. The van der Waals surface area contributed by atoms with Gasteiger partial charge in [-0.15, -0.1) is 0 Å². The molecule has 0 aliphatic rings. The summed E-state index contributed by atoms with van der Waals surface area (Å²) in [6.07, 6.45) is 0. The number of imidazole rings is 1.